The monoisotopic (exact) mass is 330 g/mol. The molecule has 0 atom stereocenters. The number of aromatic nitrogens is 1. The number of nitrogens with zero attached hydrogens (tertiary/aromatic N) is 1. The fourth-order valence-electron chi connectivity index (χ4n) is 1.88. The van der Waals surface area contributed by atoms with Gasteiger partial charge in [0.25, 0.3) is 5.91 Å². The van der Waals surface area contributed by atoms with E-state index in [-0.39, 0.29) is 5.56 Å². The zero-order valence-electron chi connectivity index (χ0n) is 13.2. The lowest BCUT2D eigenvalue weighted by Gasteiger charge is -2.13. The summed E-state index contributed by atoms with van der Waals surface area (Å²) in [5.74, 6) is -0.457. The van der Waals surface area contributed by atoms with Gasteiger partial charge in [-0.2, -0.15) is 0 Å². The topological polar surface area (TPSA) is 101 Å². The van der Waals surface area contributed by atoms with Crippen LogP contribution in [-0.4, -0.2) is 30.1 Å². The fraction of sp³-hybridized carbons (Fsp3) is 0.235. The molecule has 0 unspecified atom stereocenters. The molecule has 7 nitrogen and oxygen atoms in total. The molecule has 0 spiro atoms. The van der Waals surface area contributed by atoms with Gasteiger partial charge in [-0.15, -0.1) is 0 Å². The molecule has 0 aliphatic carbocycles. The molecule has 0 fully saturated rings. The van der Waals surface area contributed by atoms with E-state index < -0.39 is 18.5 Å². The lowest BCUT2D eigenvalue weighted by molar-refractivity contribution is -0.121. The van der Waals surface area contributed by atoms with E-state index in [9.17, 15) is 9.59 Å². The van der Waals surface area contributed by atoms with Crippen LogP contribution in [0.2, 0.25) is 0 Å². The van der Waals surface area contributed by atoms with Crippen LogP contribution >= 0.6 is 0 Å². The largest absolute Gasteiger partial charge is 0.490 e. The van der Waals surface area contributed by atoms with Crippen molar-refractivity contribution in [2.45, 2.75) is 13.5 Å². The molecule has 1 aromatic heterocycles. The maximum Gasteiger partial charge on any atom is 0.338 e. The molecule has 0 radical (unpaired) electrons. The van der Waals surface area contributed by atoms with E-state index in [2.05, 4.69) is 4.98 Å². The number of hydrogen-bond donors (Lipinski definition) is 1. The van der Waals surface area contributed by atoms with Crippen LogP contribution in [0.15, 0.2) is 42.7 Å². The highest BCUT2D eigenvalue weighted by Crippen LogP contribution is 2.29. The molecule has 24 heavy (non-hydrogen) atoms. The lowest BCUT2D eigenvalue weighted by Crippen LogP contribution is -2.20. The van der Waals surface area contributed by atoms with Crippen LogP contribution in [0.1, 0.15) is 22.8 Å². The summed E-state index contributed by atoms with van der Waals surface area (Å²) in [6.45, 7) is 2.10. The third kappa shape index (κ3) is 4.98. The molecule has 1 amide bonds. The summed E-state index contributed by atoms with van der Waals surface area (Å²) in [6.07, 6.45) is 3.36. The van der Waals surface area contributed by atoms with E-state index in [1.165, 1.54) is 12.1 Å². The Balaban J connectivity index is 2.10. The molecule has 126 valence electrons. The summed E-state index contributed by atoms with van der Waals surface area (Å²) in [6, 6.07) is 8.35. The molecule has 0 saturated heterocycles. The molecule has 2 N–H and O–H groups in total. The highest BCUT2D eigenvalue weighted by molar-refractivity contribution is 5.91. The zero-order valence-corrected chi connectivity index (χ0v) is 13.2. The van der Waals surface area contributed by atoms with Crippen LogP contribution in [0.4, 0.5) is 0 Å². The maximum absolute atomic E-state index is 11.9. The molecule has 7 heteroatoms. The molecule has 2 aromatic rings. The van der Waals surface area contributed by atoms with Crippen LogP contribution < -0.4 is 15.2 Å². The molecule has 1 heterocycles. The Kier molecular flexibility index (Phi) is 6.13. The predicted molar refractivity (Wildman–Crippen MR) is 85.7 cm³/mol. The Bertz CT molecular complexity index is 703. The molecule has 0 saturated carbocycles. The van der Waals surface area contributed by atoms with E-state index >= 15 is 0 Å². The summed E-state index contributed by atoms with van der Waals surface area (Å²) in [5.41, 5.74) is 6.15. The maximum atomic E-state index is 11.9. The van der Waals surface area contributed by atoms with Crippen molar-refractivity contribution in [2.75, 3.05) is 13.2 Å². The summed E-state index contributed by atoms with van der Waals surface area (Å²) in [5, 5.41) is 0. The van der Waals surface area contributed by atoms with Gasteiger partial charge in [0, 0.05) is 12.4 Å². The molecule has 1 aromatic carbocycles. The number of ether oxygens (including phenoxy) is 3. The molecule has 0 aliphatic heterocycles. The zero-order chi connectivity index (χ0) is 17.4. The van der Waals surface area contributed by atoms with E-state index in [1.807, 2.05) is 19.1 Å². The first kappa shape index (κ1) is 17.3. The number of hydrogen-bond acceptors (Lipinski definition) is 6. The van der Waals surface area contributed by atoms with Gasteiger partial charge in [-0.1, -0.05) is 0 Å². The highest BCUT2D eigenvalue weighted by atomic mass is 16.5. The standard InChI is InChI=1S/C17H18N2O5/c1-2-22-15-9-13(17(21)24-11-16(18)20)3-4-14(15)23-10-12-5-7-19-8-6-12/h3-9H,2,10-11H2,1H3,(H2,18,20). The molecule has 0 aliphatic rings. The summed E-state index contributed by atoms with van der Waals surface area (Å²) in [4.78, 5) is 26.5. The second-order valence-electron chi connectivity index (χ2n) is 4.78. The van der Waals surface area contributed by atoms with E-state index in [4.69, 9.17) is 19.9 Å². The number of carbonyl (C=O) groups excluding carboxylic acids is 2. The quantitative estimate of drug-likeness (QED) is 0.739. The van der Waals surface area contributed by atoms with E-state index in [0.29, 0.717) is 24.7 Å². The van der Waals surface area contributed by atoms with Crippen molar-refractivity contribution in [1.29, 1.82) is 0 Å². The minimum Gasteiger partial charge on any atom is -0.490 e. The van der Waals surface area contributed by atoms with Gasteiger partial charge < -0.3 is 19.9 Å². The minimum absolute atomic E-state index is 0.246. The summed E-state index contributed by atoms with van der Waals surface area (Å²) in [7, 11) is 0. The number of rotatable bonds is 8. The second-order valence-corrected chi connectivity index (χ2v) is 4.78. The average Bonchev–Trinajstić information content (AvgIpc) is 2.59. The Labute approximate surface area is 139 Å². The SMILES string of the molecule is CCOc1cc(C(=O)OCC(N)=O)ccc1OCc1ccncc1. The average molecular weight is 330 g/mol. The molecular weight excluding hydrogens is 312 g/mol. The molecular formula is C17H18N2O5. The number of benzene rings is 1. The summed E-state index contributed by atoms with van der Waals surface area (Å²) >= 11 is 0. The Morgan fingerprint density at radius 1 is 1.08 bits per heavy atom. The van der Waals surface area contributed by atoms with Crippen molar-refractivity contribution in [1.82, 2.24) is 4.98 Å². The van der Waals surface area contributed by atoms with E-state index in [0.717, 1.165) is 5.56 Å². The van der Waals surface area contributed by atoms with Crippen LogP contribution in [-0.2, 0) is 16.1 Å². The molecule has 2 rings (SSSR count). The van der Waals surface area contributed by atoms with Gasteiger partial charge in [-0.05, 0) is 42.8 Å². The van der Waals surface area contributed by atoms with Crippen LogP contribution in [0.25, 0.3) is 0 Å². The Morgan fingerprint density at radius 2 is 1.83 bits per heavy atom. The van der Waals surface area contributed by atoms with Gasteiger partial charge in [-0.25, -0.2) is 4.79 Å². The Hall–Kier alpha value is -3.09. The van der Waals surface area contributed by atoms with Crippen LogP contribution in [0, 0.1) is 0 Å². The third-order valence-electron chi connectivity index (χ3n) is 2.97. The van der Waals surface area contributed by atoms with Crippen molar-refractivity contribution in [3.05, 3.63) is 53.9 Å². The van der Waals surface area contributed by atoms with Crippen molar-refractivity contribution in [3.63, 3.8) is 0 Å². The van der Waals surface area contributed by atoms with Crippen molar-refractivity contribution in [2.24, 2.45) is 5.73 Å². The van der Waals surface area contributed by atoms with Gasteiger partial charge in [-0.3, -0.25) is 9.78 Å². The van der Waals surface area contributed by atoms with Crippen molar-refractivity contribution in [3.8, 4) is 11.5 Å². The van der Waals surface area contributed by atoms with Gasteiger partial charge in [0.1, 0.15) is 6.61 Å². The number of nitrogens with two attached hydrogens (primary N) is 1. The summed E-state index contributed by atoms with van der Waals surface area (Å²) < 4.78 is 16.0. The van der Waals surface area contributed by atoms with Crippen LogP contribution in [0.5, 0.6) is 11.5 Å². The number of esters is 1. The number of pyridine rings is 1. The van der Waals surface area contributed by atoms with Crippen molar-refractivity contribution < 1.29 is 23.8 Å². The lowest BCUT2D eigenvalue weighted by atomic mass is 10.2. The van der Waals surface area contributed by atoms with Gasteiger partial charge in [0.2, 0.25) is 0 Å². The number of carbonyl (C=O) groups is 2. The predicted octanol–water partition coefficient (Wildman–Crippen LogP) is 1.70. The number of primary amides is 1. The van der Waals surface area contributed by atoms with Crippen molar-refractivity contribution >= 4 is 11.9 Å². The van der Waals surface area contributed by atoms with Gasteiger partial charge in [0.15, 0.2) is 18.1 Å². The second kappa shape index (κ2) is 8.52. The van der Waals surface area contributed by atoms with Crippen LogP contribution in [0.3, 0.4) is 0 Å². The van der Waals surface area contributed by atoms with E-state index in [1.54, 1.807) is 18.5 Å². The molecule has 0 bridgehead atoms. The Morgan fingerprint density at radius 3 is 2.50 bits per heavy atom. The van der Waals surface area contributed by atoms with Gasteiger partial charge >= 0.3 is 5.97 Å². The number of amides is 1. The highest BCUT2D eigenvalue weighted by Gasteiger charge is 2.13. The smallest absolute Gasteiger partial charge is 0.338 e. The normalized spacial score (nSPS) is 10.0. The van der Waals surface area contributed by atoms with Gasteiger partial charge in [0.05, 0.1) is 12.2 Å². The first-order valence-electron chi connectivity index (χ1n) is 7.34. The minimum atomic E-state index is -0.717. The first-order chi connectivity index (χ1) is 11.6. The fourth-order valence-corrected chi connectivity index (χ4v) is 1.88. The first-order valence-corrected chi connectivity index (χ1v) is 7.34. The third-order valence-corrected chi connectivity index (χ3v) is 2.97.